The zero-order valence-electron chi connectivity index (χ0n) is 10.7. The zero-order chi connectivity index (χ0) is 13.9. The summed E-state index contributed by atoms with van der Waals surface area (Å²) in [4.78, 5) is 0. The molecule has 0 fully saturated rings. The Morgan fingerprint density at radius 1 is 1.28 bits per heavy atom. The Kier molecular flexibility index (Phi) is 5.50. The van der Waals surface area contributed by atoms with Crippen molar-refractivity contribution in [1.82, 2.24) is 5.32 Å². The van der Waals surface area contributed by atoms with Crippen LogP contribution in [0.15, 0.2) is 12.1 Å². The summed E-state index contributed by atoms with van der Waals surface area (Å²) in [6.45, 7) is 3.96. The Hall–Kier alpha value is -0.710. The minimum absolute atomic E-state index is 0.0224. The van der Waals surface area contributed by atoms with E-state index in [9.17, 15) is 13.9 Å². The number of benzene rings is 1. The summed E-state index contributed by atoms with van der Waals surface area (Å²) in [5.74, 6) is -1.34. The first-order valence-corrected chi connectivity index (χ1v) is 6.24. The van der Waals surface area contributed by atoms with Gasteiger partial charge in [-0.3, -0.25) is 0 Å². The molecule has 2 nitrogen and oxygen atoms in total. The molecular weight excluding hydrogens is 260 g/mol. The molecule has 0 heterocycles. The second kappa shape index (κ2) is 6.45. The molecule has 1 rings (SSSR count). The monoisotopic (exact) mass is 277 g/mol. The van der Waals surface area contributed by atoms with Crippen molar-refractivity contribution in [2.75, 3.05) is 7.05 Å². The first-order chi connectivity index (χ1) is 8.36. The van der Waals surface area contributed by atoms with Crippen LogP contribution >= 0.6 is 11.6 Å². The Morgan fingerprint density at radius 3 is 2.17 bits per heavy atom. The number of likely N-dealkylation sites (N-methyl/N-ethyl adjacent to an activating group) is 1. The number of rotatable bonds is 5. The van der Waals surface area contributed by atoms with Gasteiger partial charge in [0.25, 0.3) is 0 Å². The lowest BCUT2D eigenvalue weighted by atomic mass is 9.94. The molecular formula is C13H18ClF2NO. The Morgan fingerprint density at radius 2 is 1.78 bits per heavy atom. The van der Waals surface area contributed by atoms with E-state index in [1.807, 2.05) is 13.8 Å². The molecule has 0 spiro atoms. The first kappa shape index (κ1) is 15.3. The summed E-state index contributed by atoms with van der Waals surface area (Å²) >= 11 is 5.55. The van der Waals surface area contributed by atoms with Crippen LogP contribution < -0.4 is 5.32 Å². The number of aliphatic hydroxyl groups excluding tert-OH is 1. The number of nitrogens with one attached hydrogen (secondary N) is 1. The van der Waals surface area contributed by atoms with Gasteiger partial charge >= 0.3 is 0 Å². The van der Waals surface area contributed by atoms with Gasteiger partial charge in [-0.25, -0.2) is 8.78 Å². The van der Waals surface area contributed by atoms with Crippen LogP contribution in [0.4, 0.5) is 8.78 Å². The fourth-order valence-corrected chi connectivity index (χ4v) is 2.14. The predicted molar refractivity (Wildman–Crippen MR) is 68.6 cm³/mol. The van der Waals surface area contributed by atoms with Gasteiger partial charge in [0.15, 0.2) is 0 Å². The molecule has 1 aromatic carbocycles. The van der Waals surface area contributed by atoms with E-state index in [1.165, 1.54) is 0 Å². The van der Waals surface area contributed by atoms with Crippen molar-refractivity contribution in [1.29, 1.82) is 0 Å². The topological polar surface area (TPSA) is 32.3 Å². The lowest BCUT2D eigenvalue weighted by Crippen LogP contribution is -2.34. The van der Waals surface area contributed by atoms with Crippen molar-refractivity contribution < 1.29 is 13.9 Å². The molecule has 2 N–H and O–H groups in total. The van der Waals surface area contributed by atoms with Gasteiger partial charge in [-0.05, 0) is 31.5 Å². The molecule has 0 aromatic heterocycles. The van der Waals surface area contributed by atoms with Crippen LogP contribution in [0.3, 0.4) is 0 Å². The molecule has 1 aromatic rings. The predicted octanol–water partition coefficient (Wildman–Crippen LogP) is 3.29. The number of hydrogen-bond acceptors (Lipinski definition) is 2. The van der Waals surface area contributed by atoms with Gasteiger partial charge in [0, 0.05) is 11.1 Å². The van der Waals surface area contributed by atoms with Crippen LogP contribution in [0.25, 0.3) is 0 Å². The molecule has 0 aliphatic rings. The molecule has 18 heavy (non-hydrogen) atoms. The molecule has 2 atom stereocenters. The Bertz CT molecular complexity index is 389. The van der Waals surface area contributed by atoms with Crippen molar-refractivity contribution in [3.05, 3.63) is 34.4 Å². The second-order valence-electron chi connectivity index (χ2n) is 4.75. The summed E-state index contributed by atoms with van der Waals surface area (Å²) in [5.41, 5.74) is -0.334. The summed E-state index contributed by atoms with van der Waals surface area (Å²) in [5, 5.41) is 13.0. The van der Waals surface area contributed by atoms with Crippen LogP contribution in [0.5, 0.6) is 0 Å². The lowest BCUT2D eigenvalue weighted by molar-refractivity contribution is 0.113. The van der Waals surface area contributed by atoms with Gasteiger partial charge in [-0.15, -0.1) is 0 Å². The normalized spacial score (nSPS) is 14.9. The molecule has 2 unspecified atom stereocenters. The van der Waals surface area contributed by atoms with E-state index in [-0.39, 0.29) is 10.6 Å². The molecule has 102 valence electrons. The second-order valence-corrected chi connectivity index (χ2v) is 5.19. The van der Waals surface area contributed by atoms with Crippen LogP contribution in [0.1, 0.15) is 31.9 Å². The maximum absolute atomic E-state index is 13.7. The van der Waals surface area contributed by atoms with Crippen molar-refractivity contribution >= 4 is 11.6 Å². The number of halogens is 3. The lowest BCUT2D eigenvalue weighted by Gasteiger charge is -2.25. The van der Waals surface area contributed by atoms with Gasteiger partial charge in [-0.2, -0.15) is 0 Å². The zero-order valence-corrected chi connectivity index (χ0v) is 11.4. The minimum Gasteiger partial charge on any atom is -0.387 e. The number of aliphatic hydroxyl groups is 1. The van der Waals surface area contributed by atoms with E-state index in [0.29, 0.717) is 12.3 Å². The molecule has 0 aliphatic heterocycles. The van der Waals surface area contributed by atoms with E-state index >= 15 is 0 Å². The molecule has 0 amide bonds. The van der Waals surface area contributed by atoms with E-state index in [0.717, 1.165) is 12.1 Å². The van der Waals surface area contributed by atoms with Gasteiger partial charge in [0.2, 0.25) is 0 Å². The first-order valence-electron chi connectivity index (χ1n) is 5.86. The summed E-state index contributed by atoms with van der Waals surface area (Å²) < 4.78 is 27.4. The average Bonchev–Trinajstić information content (AvgIpc) is 2.23. The third-order valence-electron chi connectivity index (χ3n) is 2.82. The third-order valence-corrected chi connectivity index (χ3v) is 3.04. The molecule has 0 aliphatic carbocycles. The average molecular weight is 278 g/mol. The van der Waals surface area contributed by atoms with Crippen LogP contribution in [0, 0.1) is 17.6 Å². The van der Waals surface area contributed by atoms with Crippen molar-refractivity contribution in [2.45, 2.75) is 32.4 Å². The highest BCUT2D eigenvalue weighted by Crippen LogP contribution is 2.28. The molecule has 0 bridgehead atoms. The maximum atomic E-state index is 13.7. The third kappa shape index (κ3) is 3.64. The summed E-state index contributed by atoms with van der Waals surface area (Å²) in [6.07, 6.45) is -0.631. The highest BCUT2D eigenvalue weighted by atomic mass is 35.5. The van der Waals surface area contributed by atoms with E-state index in [2.05, 4.69) is 5.32 Å². The molecule has 0 saturated heterocycles. The van der Waals surface area contributed by atoms with Gasteiger partial charge in [-0.1, -0.05) is 25.4 Å². The fourth-order valence-electron chi connectivity index (χ4n) is 1.95. The van der Waals surface area contributed by atoms with E-state index in [4.69, 9.17) is 11.6 Å². The highest BCUT2D eigenvalue weighted by Gasteiger charge is 2.26. The SMILES string of the molecule is CNC(CC(C)C)C(O)c1c(F)cc(Cl)cc1F. The number of hydrogen-bond donors (Lipinski definition) is 2. The molecule has 0 saturated carbocycles. The van der Waals surface area contributed by atoms with Crippen LogP contribution in [0.2, 0.25) is 5.02 Å². The highest BCUT2D eigenvalue weighted by molar-refractivity contribution is 6.30. The summed E-state index contributed by atoms with van der Waals surface area (Å²) in [7, 11) is 1.65. The Labute approximate surface area is 111 Å². The fraction of sp³-hybridized carbons (Fsp3) is 0.538. The van der Waals surface area contributed by atoms with E-state index in [1.54, 1.807) is 7.05 Å². The minimum atomic E-state index is -1.24. The standard InChI is InChI=1S/C13H18ClF2NO/c1-7(2)4-11(17-3)13(18)12-9(15)5-8(14)6-10(12)16/h5-7,11,13,17-18H,4H2,1-3H3. The molecule has 0 radical (unpaired) electrons. The summed E-state index contributed by atoms with van der Waals surface area (Å²) in [6, 6.07) is 1.60. The maximum Gasteiger partial charge on any atom is 0.133 e. The Balaban J connectivity index is 3.05. The van der Waals surface area contributed by atoms with Crippen molar-refractivity contribution in [3.63, 3.8) is 0 Å². The quantitative estimate of drug-likeness (QED) is 0.866. The molecule has 5 heteroatoms. The van der Waals surface area contributed by atoms with Gasteiger partial charge in [0.1, 0.15) is 11.6 Å². The smallest absolute Gasteiger partial charge is 0.133 e. The van der Waals surface area contributed by atoms with Crippen molar-refractivity contribution in [2.24, 2.45) is 5.92 Å². The van der Waals surface area contributed by atoms with Crippen LogP contribution in [-0.2, 0) is 0 Å². The van der Waals surface area contributed by atoms with E-state index < -0.39 is 23.8 Å². The largest absolute Gasteiger partial charge is 0.387 e. The van der Waals surface area contributed by atoms with Gasteiger partial charge in [0.05, 0.1) is 11.7 Å². The van der Waals surface area contributed by atoms with Gasteiger partial charge < -0.3 is 10.4 Å². The van der Waals surface area contributed by atoms with Crippen LogP contribution in [-0.4, -0.2) is 18.2 Å². The van der Waals surface area contributed by atoms with Crippen molar-refractivity contribution in [3.8, 4) is 0 Å².